The van der Waals surface area contributed by atoms with E-state index in [0.717, 1.165) is 77.1 Å². The topological polar surface area (TPSA) is 60.1 Å². The predicted molar refractivity (Wildman–Crippen MR) is 234 cm³/mol. The fraction of sp³-hybridized carbons (Fsp3) is 1.00. The number of rotatable bonds is 5. The fourth-order valence-corrected chi connectivity index (χ4v) is 8.64. The highest BCUT2D eigenvalue weighted by Gasteiger charge is 2.29. The summed E-state index contributed by atoms with van der Waals surface area (Å²) in [7, 11) is 0. The molecule has 0 spiro atoms. The fourth-order valence-electron chi connectivity index (χ4n) is 8.64. The Morgan fingerprint density at radius 1 is 0.462 bits per heavy atom. The normalized spacial score (nSPS) is 33.1. The van der Waals surface area contributed by atoms with Gasteiger partial charge in [0.2, 0.25) is 0 Å². The third-order valence-corrected chi connectivity index (χ3v) is 13.4. The molecule has 5 saturated heterocycles. The largest absolute Gasteiger partial charge is 0.316 e. The highest BCUT2D eigenvalue weighted by molar-refractivity contribution is 4.86. The summed E-state index contributed by atoms with van der Waals surface area (Å²) in [4.78, 5) is 0. The van der Waals surface area contributed by atoms with E-state index in [1.807, 2.05) is 0 Å². The Labute approximate surface area is 328 Å². The molecule has 0 aromatic carbocycles. The maximum Gasteiger partial charge on any atom is 0.0125 e. The van der Waals surface area contributed by atoms with Gasteiger partial charge in [0.25, 0.3) is 0 Å². The van der Waals surface area contributed by atoms with Gasteiger partial charge in [-0.2, -0.15) is 0 Å². The molecule has 0 saturated carbocycles. The summed E-state index contributed by atoms with van der Waals surface area (Å²) in [6, 6.07) is 0.759. The van der Waals surface area contributed by atoms with Gasteiger partial charge in [-0.15, -0.1) is 0 Å². The molecule has 5 fully saturated rings. The molecule has 0 aliphatic carbocycles. The van der Waals surface area contributed by atoms with E-state index in [4.69, 9.17) is 0 Å². The Morgan fingerprint density at radius 2 is 0.904 bits per heavy atom. The highest BCUT2D eigenvalue weighted by Crippen LogP contribution is 2.32. The molecular formula is C47H99N5. The van der Waals surface area contributed by atoms with Crippen molar-refractivity contribution in [3.05, 3.63) is 0 Å². The molecule has 8 atom stereocenters. The van der Waals surface area contributed by atoms with Gasteiger partial charge in [0, 0.05) is 18.1 Å². The first-order valence-corrected chi connectivity index (χ1v) is 22.7. The molecule has 0 aromatic heterocycles. The number of piperidine rings is 5. The molecule has 0 unspecified atom stereocenters. The Morgan fingerprint density at radius 3 is 1.21 bits per heavy atom. The van der Waals surface area contributed by atoms with E-state index in [-0.39, 0.29) is 0 Å². The maximum absolute atomic E-state index is 3.59. The van der Waals surface area contributed by atoms with Gasteiger partial charge in [-0.05, 0) is 188 Å². The second kappa shape index (κ2) is 25.1. The average molecular weight is 734 g/mol. The molecule has 312 valence electrons. The lowest BCUT2D eigenvalue weighted by atomic mass is 9.75. The van der Waals surface area contributed by atoms with E-state index in [0.29, 0.717) is 11.0 Å². The van der Waals surface area contributed by atoms with Crippen LogP contribution in [0.1, 0.15) is 163 Å². The van der Waals surface area contributed by atoms with Gasteiger partial charge in [0.05, 0.1) is 0 Å². The van der Waals surface area contributed by atoms with Crippen LogP contribution < -0.4 is 26.6 Å². The summed E-state index contributed by atoms with van der Waals surface area (Å²) in [6.45, 7) is 49.3. The van der Waals surface area contributed by atoms with Gasteiger partial charge in [-0.25, -0.2) is 0 Å². The first kappa shape index (κ1) is 49.8. The van der Waals surface area contributed by atoms with Crippen LogP contribution in [0.4, 0.5) is 0 Å². The molecule has 52 heavy (non-hydrogen) atoms. The van der Waals surface area contributed by atoms with E-state index in [2.05, 4.69) is 144 Å². The zero-order chi connectivity index (χ0) is 39.6. The van der Waals surface area contributed by atoms with Crippen LogP contribution in [0.3, 0.4) is 0 Å². The molecule has 5 rings (SSSR count). The van der Waals surface area contributed by atoms with Gasteiger partial charge in [0.1, 0.15) is 0 Å². The van der Waals surface area contributed by atoms with Gasteiger partial charge >= 0.3 is 0 Å². The van der Waals surface area contributed by atoms with Crippen LogP contribution in [-0.4, -0.2) is 63.9 Å². The van der Waals surface area contributed by atoms with Gasteiger partial charge < -0.3 is 26.6 Å². The highest BCUT2D eigenvalue weighted by atomic mass is 15.0. The van der Waals surface area contributed by atoms with Crippen molar-refractivity contribution in [3.8, 4) is 0 Å². The van der Waals surface area contributed by atoms with E-state index in [9.17, 15) is 0 Å². The molecule has 0 amide bonds. The van der Waals surface area contributed by atoms with E-state index >= 15 is 0 Å². The standard InChI is InChI=1S/2C10H21N.3C9H19N/c1-8(2)9-5-10(3,4)7-11-6-9;1-8(2)9-5-6-10(3,4)11-7-9;2*1-7(2)9-4-8(3)5-10-6-9;1-7(2)9-5-4-8(3)10-6-9/h2*8-9,11H,5-7H2,1-4H3;3*7-10H,4-6H2,1-3H3/t2*9-;8-,9+;2*8-,9-/m00100/s1. The Kier molecular flexibility index (Phi) is 24.1. The van der Waals surface area contributed by atoms with E-state index in [1.54, 1.807) is 0 Å². The first-order chi connectivity index (χ1) is 24.1. The number of hydrogen-bond donors (Lipinski definition) is 5. The van der Waals surface area contributed by atoms with Gasteiger partial charge in [-0.1, -0.05) is 96.9 Å². The van der Waals surface area contributed by atoms with Crippen LogP contribution in [0.25, 0.3) is 0 Å². The maximum atomic E-state index is 3.59. The summed E-state index contributed by atoms with van der Waals surface area (Å²) in [6.07, 6.45) is 9.75. The lowest BCUT2D eigenvalue weighted by Gasteiger charge is -2.37. The lowest BCUT2D eigenvalue weighted by molar-refractivity contribution is 0.165. The monoisotopic (exact) mass is 734 g/mol. The van der Waals surface area contributed by atoms with Crippen molar-refractivity contribution < 1.29 is 0 Å². The summed E-state index contributed by atoms with van der Waals surface area (Å²) >= 11 is 0. The van der Waals surface area contributed by atoms with Crippen LogP contribution in [0.15, 0.2) is 0 Å². The van der Waals surface area contributed by atoms with Crippen LogP contribution >= 0.6 is 0 Å². The van der Waals surface area contributed by atoms with E-state index in [1.165, 1.54) is 97.3 Å². The SMILES string of the molecule is CC(C)[C@@H]1CNCC(C)(C)C1.CC(C)[C@@H]1CNC[C@@H](C)C1.CC(C)[C@@H]1CNC[C@H](C)C1.CC(C)[C@H]1CCC(C)(C)NC1.CC(C)[C@H]1CC[C@H](C)NC1. The molecule has 5 N–H and O–H groups in total. The predicted octanol–water partition coefficient (Wildman–Crippen LogP) is 10.5. The summed E-state index contributed by atoms with van der Waals surface area (Å²) in [5.74, 6) is 10.6. The minimum atomic E-state index is 0.394. The Bertz CT molecular complexity index is 835. The molecule has 5 nitrogen and oxygen atoms in total. The van der Waals surface area contributed by atoms with E-state index < -0.39 is 0 Å². The molecular weight excluding hydrogens is 635 g/mol. The minimum absolute atomic E-state index is 0.394. The van der Waals surface area contributed by atoms with Crippen molar-refractivity contribution in [1.29, 1.82) is 0 Å². The second-order valence-electron chi connectivity index (χ2n) is 21.7. The number of hydrogen-bond acceptors (Lipinski definition) is 5. The van der Waals surface area contributed by atoms with Crippen molar-refractivity contribution in [2.24, 2.45) is 76.4 Å². The summed E-state index contributed by atoms with van der Waals surface area (Å²) in [5.41, 5.74) is 0.915. The van der Waals surface area contributed by atoms with Crippen LogP contribution in [0, 0.1) is 76.4 Å². The van der Waals surface area contributed by atoms with Crippen molar-refractivity contribution in [3.63, 3.8) is 0 Å². The third kappa shape index (κ3) is 21.8. The zero-order valence-electron chi connectivity index (χ0n) is 38.6. The van der Waals surface area contributed by atoms with Crippen molar-refractivity contribution in [1.82, 2.24) is 26.6 Å². The smallest absolute Gasteiger partial charge is 0.0125 e. The molecule has 0 radical (unpaired) electrons. The molecule has 5 aliphatic rings. The Balaban J connectivity index is 0.000000325. The minimum Gasteiger partial charge on any atom is -0.316 e. The molecule has 5 heterocycles. The molecule has 0 bridgehead atoms. The average Bonchev–Trinajstić information content (AvgIpc) is 3.05. The van der Waals surface area contributed by atoms with Gasteiger partial charge in [-0.3, -0.25) is 0 Å². The third-order valence-electron chi connectivity index (χ3n) is 13.4. The molecule has 5 aliphatic heterocycles. The zero-order valence-corrected chi connectivity index (χ0v) is 38.6. The number of nitrogens with one attached hydrogen (secondary N) is 5. The van der Waals surface area contributed by atoms with Crippen LogP contribution in [-0.2, 0) is 0 Å². The quantitative estimate of drug-likeness (QED) is 0.195. The van der Waals surface area contributed by atoms with Gasteiger partial charge in [0.15, 0.2) is 0 Å². The lowest BCUT2D eigenvalue weighted by Crippen LogP contribution is -2.47. The first-order valence-electron chi connectivity index (χ1n) is 22.7. The van der Waals surface area contributed by atoms with Crippen LogP contribution in [0.5, 0.6) is 0 Å². The summed E-state index contributed by atoms with van der Waals surface area (Å²) in [5, 5.41) is 17.5. The Hall–Kier alpha value is -0.200. The molecule has 0 aromatic rings. The van der Waals surface area contributed by atoms with Crippen molar-refractivity contribution in [2.45, 2.75) is 174 Å². The van der Waals surface area contributed by atoms with Crippen LogP contribution in [0.2, 0.25) is 0 Å². The molecule has 5 heteroatoms. The second-order valence-corrected chi connectivity index (χ2v) is 21.7. The summed E-state index contributed by atoms with van der Waals surface area (Å²) < 4.78 is 0. The van der Waals surface area contributed by atoms with Crippen molar-refractivity contribution in [2.75, 3.05) is 52.4 Å². The van der Waals surface area contributed by atoms with Crippen molar-refractivity contribution >= 4 is 0 Å².